The molecule has 452 valence electrons. The molecule has 0 aromatic carbocycles. The molecule has 0 radical (unpaired) electrons. The Hall–Kier alpha value is -3.15. The zero-order valence-electron chi connectivity index (χ0n) is 51.9. The highest BCUT2D eigenvalue weighted by molar-refractivity contribution is 5.71. The van der Waals surface area contributed by atoms with Crippen LogP contribution in [0.15, 0.2) is 72.9 Å². The highest BCUT2D eigenvalue weighted by Crippen LogP contribution is 2.17. The minimum Gasteiger partial charge on any atom is -0.462 e. The van der Waals surface area contributed by atoms with E-state index in [2.05, 4.69) is 93.7 Å². The van der Waals surface area contributed by atoms with Gasteiger partial charge in [0.2, 0.25) is 0 Å². The Bertz CT molecular complexity index is 1440. The maximum Gasteiger partial charge on any atom is 0.306 e. The van der Waals surface area contributed by atoms with E-state index in [0.29, 0.717) is 19.3 Å². The fourth-order valence-corrected chi connectivity index (χ4v) is 9.84. The molecule has 0 amide bonds. The average molecular weight is 1090 g/mol. The third-order valence-electron chi connectivity index (χ3n) is 14.9. The summed E-state index contributed by atoms with van der Waals surface area (Å²) in [5.74, 6) is -0.874. The molecule has 0 aromatic rings. The minimum atomic E-state index is -0.783. The summed E-state index contributed by atoms with van der Waals surface area (Å²) in [4.78, 5) is 38.4. The van der Waals surface area contributed by atoms with Gasteiger partial charge >= 0.3 is 17.9 Å². The molecular weight excluding hydrogens is 961 g/mol. The van der Waals surface area contributed by atoms with Crippen LogP contribution in [0.4, 0.5) is 0 Å². The highest BCUT2D eigenvalue weighted by atomic mass is 16.6. The van der Waals surface area contributed by atoms with Crippen LogP contribution in [0.2, 0.25) is 0 Å². The van der Waals surface area contributed by atoms with Crippen molar-refractivity contribution in [3.8, 4) is 0 Å². The van der Waals surface area contributed by atoms with Crippen molar-refractivity contribution < 1.29 is 28.6 Å². The van der Waals surface area contributed by atoms with Gasteiger partial charge < -0.3 is 14.2 Å². The second-order valence-corrected chi connectivity index (χ2v) is 22.7. The number of allylic oxidation sites excluding steroid dienone is 12. The SMILES string of the molecule is CC/C=C\C/C=C\C/C=C\C/C=C\CCCCCCCCCCC(=O)OCC(COC(=O)CCCCCCCCC/C=C\CCCCCCCCC)OC(=O)CCCCCCCCCCC/C=C\CCCCCCCCCC. The van der Waals surface area contributed by atoms with Crippen molar-refractivity contribution in [1.82, 2.24) is 0 Å². The van der Waals surface area contributed by atoms with Crippen molar-refractivity contribution in [2.45, 2.75) is 354 Å². The number of hydrogen-bond acceptors (Lipinski definition) is 6. The van der Waals surface area contributed by atoms with Gasteiger partial charge in [0.15, 0.2) is 6.10 Å². The van der Waals surface area contributed by atoms with Gasteiger partial charge in [-0.1, -0.05) is 293 Å². The monoisotopic (exact) mass is 1090 g/mol. The summed E-state index contributed by atoms with van der Waals surface area (Å²) in [5.41, 5.74) is 0. The van der Waals surface area contributed by atoms with E-state index in [1.54, 1.807) is 0 Å². The van der Waals surface area contributed by atoms with Crippen molar-refractivity contribution >= 4 is 17.9 Å². The number of hydrogen-bond donors (Lipinski definition) is 0. The van der Waals surface area contributed by atoms with Crippen molar-refractivity contribution in [2.24, 2.45) is 0 Å². The highest BCUT2D eigenvalue weighted by Gasteiger charge is 2.19. The summed E-state index contributed by atoms with van der Waals surface area (Å²) < 4.78 is 17.0. The lowest BCUT2D eigenvalue weighted by molar-refractivity contribution is -0.167. The summed E-state index contributed by atoms with van der Waals surface area (Å²) in [5, 5.41) is 0. The number of carbonyl (C=O) groups excluding carboxylic acids is 3. The van der Waals surface area contributed by atoms with Crippen molar-refractivity contribution in [3.05, 3.63) is 72.9 Å². The number of rotatable bonds is 62. The van der Waals surface area contributed by atoms with Gasteiger partial charge in [-0.3, -0.25) is 14.4 Å². The zero-order chi connectivity index (χ0) is 56.4. The molecule has 1 atom stereocenters. The van der Waals surface area contributed by atoms with Crippen molar-refractivity contribution in [1.29, 1.82) is 0 Å². The first-order valence-corrected chi connectivity index (χ1v) is 33.9. The van der Waals surface area contributed by atoms with E-state index in [1.165, 1.54) is 218 Å². The zero-order valence-corrected chi connectivity index (χ0v) is 51.9. The molecule has 0 saturated heterocycles. The lowest BCUT2D eigenvalue weighted by Crippen LogP contribution is -2.30. The van der Waals surface area contributed by atoms with Crippen LogP contribution in [0, 0.1) is 0 Å². The Kier molecular flexibility index (Phi) is 63.7. The molecule has 0 aliphatic carbocycles. The Morgan fingerprint density at radius 1 is 0.269 bits per heavy atom. The fourth-order valence-electron chi connectivity index (χ4n) is 9.84. The number of ether oxygens (including phenoxy) is 3. The Labute approximate surface area is 484 Å². The van der Waals surface area contributed by atoms with Gasteiger partial charge in [-0.2, -0.15) is 0 Å². The van der Waals surface area contributed by atoms with Crippen molar-refractivity contribution in [2.75, 3.05) is 13.2 Å². The van der Waals surface area contributed by atoms with E-state index in [4.69, 9.17) is 14.2 Å². The van der Waals surface area contributed by atoms with E-state index in [9.17, 15) is 14.4 Å². The largest absolute Gasteiger partial charge is 0.462 e. The van der Waals surface area contributed by atoms with E-state index < -0.39 is 6.10 Å². The second-order valence-electron chi connectivity index (χ2n) is 22.7. The van der Waals surface area contributed by atoms with E-state index >= 15 is 0 Å². The Balaban J connectivity index is 4.38. The molecule has 1 unspecified atom stereocenters. The van der Waals surface area contributed by atoms with E-state index in [0.717, 1.165) is 89.9 Å². The normalized spacial score (nSPS) is 12.5. The van der Waals surface area contributed by atoms with E-state index in [-0.39, 0.29) is 31.1 Å². The third kappa shape index (κ3) is 63.7. The van der Waals surface area contributed by atoms with E-state index in [1.807, 2.05) is 0 Å². The Morgan fingerprint density at radius 3 is 0.795 bits per heavy atom. The summed E-state index contributed by atoms with van der Waals surface area (Å²) >= 11 is 0. The maximum absolute atomic E-state index is 13.0. The van der Waals surface area contributed by atoms with Gasteiger partial charge in [-0.05, 0) is 109 Å². The molecule has 6 nitrogen and oxygen atoms in total. The average Bonchev–Trinajstić information content (AvgIpc) is 3.44. The Morgan fingerprint density at radius 2 is 0.500 bits per heavy atom. The number of carbonyl (C=O) groups is 3. The molecule has 0 aliphatic rings. The summed E-state index contributed by atoms with van der Waals surface area (Å²) in [6.07, 6.45) is 86.2. The maximum atomic E-state index is 13.0. The molecule has 0 heterocycles. The lowest BCUT2D eigenvalue weighted by Gasteiger charge is -2.18. The van der Waals surface area contributed by atoms with Crippen LogP contribution < -0.4 is 0 Å². The molecule has 0 rings (SSSR count). The van der Waals surface area contributed by atoms with Crippen LogP contribution in [0.3, 0.4) is 0 Å². The van der Waals surface area contributed by atoms with Gasteiger partial charge in [0.05, 0.1) is 0 Å². The molecule has 0 bridgehead atoms. The van der Waals surface area contributed by atoms with Gasteiger partial charge in [0.1, 0.15) is 13.2 Å². The smallest absolute Gasteiger partial charge is 0.306 e. The van der Waals surface area contributed by atoms with Crippen molar-refractivity contribution in [3.63, 3.8) is 0 Å². The minimum absolute atomic E-state index is 0.0790. The van der Waals surface area contributed by atoms with Crippen LogP contribution in [-0.2, 0) is 28.6 Å². The van der Waals surface area contributed by atoms with Gasteiger partial charge in [0, 0.05) is 19.3 Å². The molecule has 0 aromatic heterocycles. The van der Waals surface area contributed by atoms with Crippen LogP contribution in [0.1, 0.15) is 348 Å². The molecule has 0 aliphatic heterocycles. The lowest BCUT2D eigenvalue weighted by atomic mass is 10.1. The standard InChI is InChI=1S/C72H128O6/c1-4-7-10-13-16-19-22-25-28-31-34-36-38-41-44-47-50-53-56-59-62-65-71(74)77-68-69(67-76-70(73)64-61-58-55-52-49-46-43-40-33-30-27-24-21-18-15-12-9-6-3)78-72(75)66-63-60-57-54-51-48-45-42-39-37-35-32-29-26-23-20-17-14-11-8-5-2/h7,10,16,19,25,28,30,32-36,69H,4-6,8-9,11-15,17-18,20-24,26-27,29,31,37-68H2,1-3H3/b10-7-,19-16-,28-25-,33-30-,35-32-,36-34-. The molecule has 0 fully saturated rings. The molecule has 0 saturated carbocycles. The molecule has 78 heavy (non-hydrogen) atoms. The quantitative estimate of drug-likeness (QED) is 0.0261. The fraction of sp³-hybridized carbons (Fsp3) is 0.792. The summed E-state index contributed by atoms with van der Waals surface area (Å²) in [7, 11) is 0. The summed E-state index contributed by atoms with van der Waals surface area (Å²) in [6.45, 7) is 6.56. The van der Waals surface area contributed by atoms with Gasteiger partial charge in [0.25, 0.3) is 0 Å². The number of unbranched alkanes of at least 4 members (excludes halogenated alkanes) is 39. The van der Waals surface area contributed by atoms with Crippen LogP contribution >= 0.6 is 0 Å². The summed E-state index contributed by atoms with van der Waals surface area (Å²) in [6, 6.07) is 0. The first-order valence-electron chi connectivity index (χ1n) is 33.9. The second kappa shape index (κ2) is 66.4. The van der Waals surface area contributed by atoms with Gasteiger partial charge in [-0.25, -0.2) is 0 Å². The third-order valence-corrected chi connectivity index (χ3v) is 14.9. The first-order chi connectivity index (χ1) is 38.5. The van der Waals surface area contributed by atoms with Crippen LogP contribution in [0.5, 0.6) is 0 Å². The molecular formula is C72H128O6. The molecule has 0 N–H and O–H groups in total. The predicted molar refractivity (Wildman–Crippen MR) is 339 cm³/mol. The number of esters is 3. The molecule has 6 heteroatoms. The van der Waals surface area contributed by atoms with Crippen LogP contribution in [0.25, 0.3) is 0 Å². The first kappa shape index (κ1) is 74.8. The molecule has 0 spiro atoms. The van der Waals surface area contributed by atoms with Gasteiger partial charge in [-0.15, -0.1) is 0 Å². The van der Waals surface area contributed by atoms with Crippen LogP contribution in [-0.4, -0.2) is 37.2 Å². The topological polar surface area (TPSA) is 78.9 Å². The predicted octanol–water partition coefficient (Wildman–Crippen LogP) is 23.3.